The first-order valence-corrected chi connectivity index (χ1v) is 7.82. The van der Waals surface area contributed by atoms with Crippen LogP contribution >= 0.6 is 35.8 Å². The van der Waals surface area contributed by atoms with Crippen LogP contribution in [0.25, 0.3) is 0 Å². The molecule has 0 aliphatic carbocycles. The van der Waals surface area contributed by atoms with Crippen molar-refractivity contribution in [2.24, 2.45) is 0 Å². The third-order valence-electron chi connectivity index (χ3n) is 3.14. The fourth-order valence-electron chi connectivity index (χ4n) is 2.19. The van der Waals surface area contributed by atoms with Gasteiger partial charge in [0.2, 0.25) is 5.91 Å². The Labute approximate surface area is 136 Å². The molecule has 6 heteroatoms. The van der Waals surface area contributed by atoms with Crippen LogP contribution in [0.3, 0.4) is 0 Å². The van der Waals surface area contributed by atoms with Crippen molar-refractivity contribution in [3.05, 3.63) is 34.9 Å². The predicted molar refractivity (Wildman–Crippen MR) is 88.8 cm³/mol. The van der Waals surface area contributed by atoms with Gasteiger partial charge in [-0.2, -0.15) is 0 Å². The normalized spacial score (nSPS) is 18.5. The number of hydrogen-bond donors (Lipinski definition) is 0. The van der Waals surface area contributed by atoms with Gasteiger partial charge in [-0.15, -0.1) is 24.2 Å². The van der Waals surface area contributed by atoms with Crippen molar-refractivity contribution < 1.29 is 4.79 Å². The van der Waals surface area contributed by atoms with Crippen LogP contribution in [0.1, 0.15) is 17.4 Å². The molecule has 112 valence electrons. The third-order valence-corrected chi connectivity index (χ3v) is 4.73. The minimum absolute atomic E-state index is 0. The lowest BCUT2D eigenvalue weighted by Gasteiger charge is -2.25. The lowest BCUT2D eigenvalue weighted by atomic mass is 10.2. The number of thioether (sulfide) groups is 1. The third kappa shape index (κ3) is 4.29. The SMILES string of the molecule is CN(C)CCCN1C(=O)CSC1c1ccccc1Cl.Cl. The van der Waals surface area contributed by atoms with Gasteiger partial charge in [0, 0.05) is 17.1 Å². The zero-order valence-electron chi connectivity index (χ0n) is 11.7. The molecule has 1 aromatic carbocycles. The first-order valence-electron chi connectivity index (χ1n) is 6.40. The van der Waals surface area contributed by atoms with E-state index in [1.54, 1.807) is 11.8 Å². The summed E-state index contributed by atoms with van der Waals surface area (Å²) in [5.74, 6) is 0.770. The molecule has 0 saturated carbocycles. The number of carbonyl (C=O) groups is 1. The second-order valence-electron chi connectivity index (χ2n) is 4.93. The fourth-order valence-corrected chi connectivity index (χ4v) is 3.74. The number of amides is 1. The molecule has 1 aliphatic heterocycles. The summed E-state index contributed by atoms with van der Waals surface area (Å²) >= 11 is 7.91. The summed E-state index contributed by atoms with van der Waals surface area (Å²) in [6.45, 7) is 1.78. The molecule has 1 heterocycles. The second kappa shape index (κ2) is 8.13. The van der Waals surface area contributed by atoms with Crippen LogP contribution in [-0.2, 0) is 4.79 Å². The molecule has 0 spiro atoms. The molecule has 1 unspecified atom stereocenters. The maximum atomic E-state index is 12.0. The lowest BCUT2D eigenvalue weighted by molar-refractivity contribution is -0.128. The van der Waals surface area contributed by atoms with Gasteiger partial charge in [0.1, 0.15) is 5.37 Å². The summed E-state index contributed by atoms with van der Waals surface area (Å²) < 4.78 is 0. The Balaban J connectivity index is 0.00000200. The predicted octanol–water partition coefficient (Wildman–Crippen LogP) is 3.29. The van der Waals surface area contributed by atoms with Gasteiger partial charge in [-0.3, -0.25) is 4.79 Å². The van der Waals surface area contributed by atoms with Crippen molar-refractivity contribution >= 4 is 41.7 Å². The Hall–Kier alpha value is -0.420. The minimum Gasteiger partial charge on any atom is -0.326 e. The standard InChI is InChI=1S/C14H19ClN2OS.ClH/c1-16(2)8-5-9-17-13(18)10-19-14(17)11-6-3-4-7-12(11)15;/h3-4,6-7,14H,5,8-10H2,1-2H3;1H. The van der Waals surface area contributed by atoms with Gasteiger partial charge in [0.05, 0.1) is 5.75 Å². The molecule has 1 fully saturated rings. The Kier molecular flexibility index (Phi) is 7.17. The summed E-state index contributed by atoms with van der Waals surface area (Å²) in [6.07, 6.45) is 0.986. The van der Waals surface area contributed by atoms with E-state index in [1.165, 1.54) is 0 Å². The van der Waals surface area contributed by atoms with Crippen LogP contribution in [0.15, 0.2) is 24.3 Å². The number of hydrogen-bond acceptors (Lipinski definition) is 3. The zero-order valence-corrected chi connectivity index (χ0v) is 14.1. The number of nitrogens with zero attached hydrogens (tertiary/aromatic N) is 2. The fraction of sp³-hybridized carbons (Fsp3) is 0.500. The van der Waals surface area contributed by atoms with E-state index in [0.717, 1.165) is 30.1 Å². The highest BCUT2D eigenvalue weighted by molar-refractivity contribution is 8.00. The Bertz CT molecular complexity index is 457. The Morgan fingerprint density at radius 1 is 1.40 bits per heavy atom. The molecule has 2 rings (SSSR count). The Morgan fingerprint density at radius 3 is 2.75 bits per heavy atom. The second-order valence-corrected chi connectivity index (χ2v) is 6.40. The molecule has 0 bridgehead atoms. The monoisotopic (exact) mass is 334 g/mol. The molecule has 3 nitrogen and oxygen atoms in total. The first-order chi connectivity index (χ1) is 9.09. The molecule has 0 N–H and O–H groups in total. The summed E-state index contributed by atoms with van der Waals surface area (Å²) in [5.41, 5.74) is 1.05. The van der Waals surface area contributed by atoms with Gasteiger partial charge in [-0.25, -0.2) is 0 Å². The van der Waals surface area contributed by atoms with Crippen molar-refractivity contribution in [1.82, 2.24) is 9.80 Å². The number of carbonyl (C=O) groups excluding carboxylic acids is 1. The molecule has 1 aliphatic rings. The van der Waals surface area contributed by atoms with Crippen LogP contribution in [0.4, 0.5) is 0 Å². The zero-order chi connectivity index (χ0) is 13.8. The van der Waals surface area contributed by atoms with Crippen LogP contribution in [0, 0.1) is 0 Å². The van der Waals surface area contributed by atoms with Crippen molar-refractivity contribution in [2.45, 2.75) is 11.8 Å². The van der Waals surface area contributed by atoms with E-state index in [0.29, 0.717) is 5.75 Å². The number of rotatable bonds is 5. The molecule has 1 aromatic rings. The van der Waals surface area contributed by atoms with Crippen LogP contribution < -0.4 is 0 Å². The highest BCUT2D eigenvalue weighted by Gasteiger charge is 2.33. The lowest BCUT2D eigenvalue weighted by Crippen LogP contribution is -2.31. The highest BCUT2D eigenvalue weighted by Crippen LogP contribution is 2.41. The molecule has 1 saturated heterocycles. The maximum absolute atomic E-state index is 12.0. The van der Waals surface area contributed by atoms with Gasteiger partial charge in [0.15, 0.2) is 0 Å². The quantitative estimate of drug-likeness (QED) is 0.825. The molecule has 0 aromatic heterocycles. The molecular weight excluding hydrogens is 315 g/mol. The average Bonchev–Trinajstić information content (AvgIpc) is 2.72. The van der Waals surface area contributed by atoms with Crippen molar-refractivity contribution in [2.75, 3.05) is 32.9 Å². The molecule has 1 atom stereocenters. The van der Waals surface area contributed by atoms with E-state index in [1.807, 2.05) is 43.3 Å². The topological polar surface area (TPSA) is 23.6 Å². The molecule has 1 amide bonds. The van der Waals surface area contributed by atoms with Gasteiger partial charge >= 0.3 is 0 Å². The summed E-state index contributed by atoms with van der Waals surface area (Å²) in [6, 6.07) is 7.79. The largest absolute Gasteiger partial charge is 0.326 e. The first kappa shape index (κ1) is 17.6. The van der Waals surface area contributed by atoms with E-state index in [-0.39, 0.29) is 23.7 Å². The van der Waals surface area contributed by atoms with E-state index >= 15 is 0 Å². The van der Waals surface area contributed by atoms with Gasteiger partial charge in [-0.05, 0) is 33.1 Å². The molecule has 0 radical (unpaired) electrons. The summed E-state index contributed by atoms with van der Waals surface area (Å²) in [5, 5.41) is 0.815. The van der Waals surface area contributed by atoms with E-state index in [2.05, 4.69) is 4.90 Å². The molecule has 20 heavy (non-hydrogen) atoms. The van der Waals surface area contributed by atoms with Crippen LogP contribution in [0.2, 0.25) is 5.02 Å². The number of halogens is 2. The average molecular weight is 335 g/mol. The van der Waals surface area contributed by atoms with E-state index < -0.39 is 0 Å². The smallest absolute Gasteiger partial charge is 0.233 e. The van der Waals surface area contributed by atoms with Crippen molar-refractivity contribution in [3.63, 3.8) is 0 Å². The van der Waals surface area contributed by atoms with Crippen molar-refractivity contribution in [1.29, 1.82) is 0 Å². The van der Waals surface area contributed by atoms with Gasteiger partial charge in [0.25, 0.3) is 0 Å². The van der Waals surface area contributed by atoms with Crippen LogP contribution in [0.5, 0.6) is 0 Å². The number of benzene rings is 1. The highest BCUT2D eigenvalue weighted by atomic mass is 35.5. The van der Waals surface area contributed by atoms with Crippen LogP contribution in [-0.4, -0.2) is 48.6 Å². The van der Waals surface area contributed by atoms with E-state index in [9.17, 15) is 4.79 Å². The summed E-state index contributed by atoms with van der Waals surface area (Å²) in [4.78, 5) is 16.1. The minimum atomic E-state index is 0. The van der Waals surface area contributed by atoms with Gasteiger partial charge < -0.3 is 9.80 Å². The maximum Gasteiger partial charge on any atom is 0.233 e. The van der Waals surface area contributed by atoms with Gasteiger partial charge in [-0.1, -0.05) is 29.8 Å². The molecular formula is C14H20Cl2N2OS. The Morgan fingerprint density at radius 2 is 2.10 bits per heavy atom. The van der Waals surface area contributed by atoms with E-state index in [4.69, 9.17) is 11.6 Å². The summed E-state index contributed by atoms with van der Waals surface area (Å²) in [7, 11) is 4.10. The van der Waals surface area contributed by atoms with Crippen molar-refractivity contribution in [3.8, 4) is 0 Å².